The second-order valence-corrected chi connectivity index (χ2v) is 8.53. The first-order valence-electron chi connectivity index (χ1n) is 10.7. The summed E-state index contributed by atoms with van der Waals surface area (Å²) in [6.45, 7) is 6.30. The van der Waals surface area contributed by atoms with Crippen molar-refractivity contribution in [2.75, 3.05) is 4.90 Å². The van der Waals surface area contributed by atoms with Crippen molar-refractivity contribution < 1.29 is 4.79 Å². The summed E-state index contributed by atoms with van der Waals surface area (Å²) in [5.41, 5.74) is 6.33. The molecule has 0 unspecified atom stereocenters. The lowest BCUT2D eigenvalue weighted by molar-refractivity contribution is -0.113. The van der Waals surface area contributed by atoms with E-state index in [1.165, 1.54) is 22.9 Å². The molecule has 156 valence electrons. The fraction of sp³-hybridized carbons (Fsp3) is 0.185. The summed E-state index contributed by atoms with van der Waals surface area (Å²) in [6.07, 6.45) is 3.70. The molecule has 1 heterocycles. The number of hydrogen-bond donors (Lipinski definition) is 0. The molecule has 1 saturated heterocycles. The number of aryl methyl sites for hydroxylation is 3. The van der Waals surface area contributed by atoms with Crippen LogP contribution in [0.4, 0.5) is 11.4 Å². The van der Waals surface area contributed by atoms with Gasteiger partial charge in [-0.05, 0) is 66.4 Å². The van der Waals surface area contributed by atoms with Gasteiger partial charge in [-0.15, -0.1) is 0 Å². The zero-order valence-corrected chi connectivity index (χ0v) is 18.9. The van der Waals surface area contributed by atoms with E-state index in [1.807, 2.05) is 54.6 Å². The standard InChI is InChI=1S/C27H26N2OS/c1-4-21-10-6-8-12-23(21)28-27-29(24-13-9-7-11-22(24)5-2)26(30)25(31-27)18-20-16-14-19(3)15-17-20/h6-18H,4-5H2,1-3H3. The van der Waals surface area contributed by atoms with Crippen molar-refractivity contribution in [2.45, 2.75) is 33.6 Å². The average molecular weight is 427 g/mol. The highest BCUT2D eigenvalue weighted by Gasteiger charge is 2.35. The van der Waals surface area contributed by atoms with Crippen molar-refractivity contribution in [3.05, 3.63) is 100.0 Å². The number of amidine groups is 1. The largest absolute Gasteiger partial charge is 0.271 e. The number of thioether (sulfide) groups is 1. The van der Waals surface area contributed by atoms with E-state index >= 15 is 0 Å². The number of para-hydroxylation sites is 2. The molecule has 0 atom stereocenters. The molecule has 1 aliphatic rings. The normalized spacial score (nSPS) is 16.5. The lowest BCUT2D eigenvalue weighted by Crippen LogP contribution is -2.29. The number of nitrogens with zero attached hydrogens (tertiary/aromatic N) is 2. The smallest absolute Gasteiger partial charge is 0.268 e. The van der Waals surface area contributed by atoms with Crippen molar-refractivity contribution in [3.8, 4) is 0 Å². The number of rotatable bonds is 5. The van der Waals surface area contributed by atoms with E-state index in [0.717, 1.165) is 35.3 Å². The molecular weight excluding hydrogens is 400 g/mol. The third-order valence-electron chi connectivity index (χ3n) is 5.38. The van der Waals surface area contributed by atoms with Crippen LogP contribution >= 0.6 is 11.8 Å². The summed E-state index contributed by atoms with van der Waals surface area (Å²) in [5.74, 6) is -0.0285. The number of carbonyl (C=O) groups excluding carboxylic acids is 1. The Balaban J connectivity index is 1.83. The average Bonchev–Trinajstić information content (AvgIpc) is 3.10. The fourth-order valence-corrected chi connectivity index (χ4v) is 4.61. The summed E-state index contributed by atoms with van der Waals surface area (Å²) in [6, 6.07) is 24.4. The van der Waals surface area contributed by atoms with E-state index in [9.17, 15) is 4.79 Å². The second-order valence-electron chi connectivity index (χ2n) is 7.52. The van der Waals surface area contributed by atoms with E-state index in [-0.39, 0.29) is 5.91 Å². The maximum absolute atomic E-state index is 13.6. The van der Waals surface area contributed by atoms with Gasteiger partial charge >= 0.3 is 0 Å². The highest BCUT2D eigenvalue weighted by molar-refractivity contribution is 8.19. The van der Waals surface area contributed by atoms with Crippen LogP contribution in [0.25, 0.3) is 6.08 Å². The van der Waals surface area contributed by atoms with Gasteiger partial charge < -0.3 is 0 Å². The molecular formula is C27H26N2OS. The molecule has 4 heteroatoms. The molecule has 3 nitrogen and oxygen atoms in total. The number of amides is 1. The second kappa shape index (κ2) is 9.36. The third kappa shape index (κ3) is 4.49. The number of anilines is 1. The predicted molar refractivity (Wildman–Crippen MR) is 133 cm³/mol. The summed E-state index contributed by atoms with van der Waals surface area (Å²) in [7, 11) is 0. The van der Waals surface area contributed by atoms with E-state index in [4.69, 9.17) is 4.99 Å². The van der Waals surface area contributed by atoms with Gasteiger partial charge in [0.05, 0.1) is 16.3 Å². The predicted octanol–water partition coefficient (Wildman–Crippen LogP) is 6.93. The monoisotopic (exact) mass is 426 g/mol. The molecule has 0 bridgehead atoms. The first kappa shape index (κ1) is 21.1. The van der Waals surface area contributed by atoms with Gasteiger partial charge in [-0.3, -0.25) is 9.69 Å². The Morgan fingerprint density at radius 2 is 1.52 bits per heavy atom. The van der Waals surface area contributed by atoms with Gasteiger partial charge in [-0.2, -0.15) is 0 Å². The molecule has 3 aromatic rings. The van der Waals surface area contributed by atoms with Crippen LogP contribution < -0.4 is 4.90 Å². The van der Waals surface area contributed by atoms with Crippen LogP contribution in [-0.4, -0.2) is 11.1 Å². The molecule has 0 aromatic heterocycles. The summed E-state index contributed by atoms with van der Waals surface area (Å²) >= 11 is 1.44. The van der Waals surface area contributed by atoms with Crippen LogP contribution in [0.5, 0.6) is 0 Å². The number of aliphatic imine (C=N–C) groups is 1. The van der Waals surface area contributed by atoms with Crippen LogP contribution in [0.3, 0.4) is 0 Å². The maximum Gasteiger partial charge on any atom is 0.271 e. The van der Waals surface area contributed by atoms with Crippen LogP contribution in [0.2, 0.25) is 0 Å². The fourth-order valence-electron chi connectivity index (χ4n) is 3.63. The van der Waals surface area contributed by atoms with Crippen LogP contribution in [0.1, 0.15) is 36.1 Å². The zero-order valence-electron chi connectivity index (χ0n) is 18.1. The molecule has 1 aliphatic heterocycles. The molecule has 0 radical (unpaired) electrons. The van der Waals surface area contributed by atoms with E-state index < -0.39 is 0 Å². The summed E-state index contributed by atoms with van der Waals surface area (Å²) in [5, 5.41) is 0.699. The summed E-state index contributed by atoms with van der Waals surface area (Å²) < 4.78 is 0. The van der Waals surface area contributed by atoms with Gasteiger partial charge in [-0.25, -0.2) is 4.99 Å². The Labute approximate surface area is 188 Å². The van der Waals surface area contributed by atoms with Gasteiger partial charge in [0.15, 0.2) is 5.17 Å². The quantitative estimate of drug-likeness (QED) is 0.414. The molecule has 31 heavy (non-hydrogen) atoms. The Hall–Kier alpha value is -3.11. The first-order chi connectivity index (χ1) is 15.1. The van der Waals surface area contributed by atoms with Gasteiger partial charge in [-0.1, -0.05) is 80.1 Å². The van der Waals surface area contributed by atoms with E-state index in [0.29, 0.717) is 10.1 Å². The minimum absolute atomic E-state index is 0.0285. The number of carbonyl (C=O) groups is 1. The maximum atomic E-state index is 13.6. The van der Waals surface area contributed by atoms with Gasteiger partial charge in [0.1, 0.15) is 0 Å². The Kier molecular flexibility index (Phi) is 6.38. The molecule has 0 spiro atoms. The summed E-state index contributed by atoms with van der Waals surface area (Å²) in [4.78, 5) is 21.0. The van der Waals surface area contributed by atoms with Crippen molar-refractivity contribution >= 4 is 40.3 Å². The van der Waals surface area contributed by atoms with Crippen molar-refractivity contribution in [1.82, 2.24) is 0 Å². The Morgan fingerprint density at radius 1 is 0.871 bits per heavy atom. The van der Waals surface area contributed by atoms with Crippen LogP contribution in [-0.2, 0) is 17.6 Å². The molecule has 4 rings (SSSR count). The van der Waals surface area contributed by atoms with Gasteiger partial charge in [0.25, 0.3) is 5.91 Å². The highest BCUT2D eigenvalue weighted by Crippen LogP contribution is 2.39. The molecule has 0 N–H and O–H groups in total. The van der Waals surface area contributed by atoms with Crippen molar-refractivity contribution in [3.63, 3.8) is 0 Å². The highest BCUT2D eigenvalue weighted by atomic mass is 32.2. The molecule has 1 fully saturated rings. The third-order valence-corrected chi connectivity index (χ3v) is 6.35. The zero-order chi connectivity index (χ0) is 21.8. The van der Waals surface area contributed by atoms with Crippen molar-refractivity contribution in [2.24, 2.45) is 4.99 Å². The first-order valence-corrected chi connectivity index (χ1v) is 11.5. The van der Waals surface area contributed by atoms with Gasteiger partial charge in [0, 0.05) is 0 Å². The molecule has 0 saturated carbocycles. The van der Waals surface area contributed by atoms with E-state index in [2.05, 4.69) is 45.0 Å². The molecule has 1 amide bonds. The Bertz CT molecular complexity index is 1160. The topological polar surface area (TPSA) is 32.7 Å². The molecule has 0 aliphatic carbocycles. The van der Waals surface area contributed by atoms with Gasteiger partial charge in [0.2, 0.25) is 0 Å². The van der Waals surface area contributed by atoms with Crippen molar-refractivity contribution in [1.29, 1.82) is 0 Å². The lowest BCUT2D eigenvalue weighted by atomic mass is 10.1. The van der Waals surface area contributed by atoms with E-state index in [1.54, 1.807) is 4.90 Å². The molecule has 3 aromatic carbocycles. The Morgan fingerprint density at radius 3 is 2.23 bits per heavy atom. The lowest BCUT2D eigenvalue weighted by Gasteiger charge is -2.19. The SMILES string of the molecule is CCc1ccccc1N=C1SC(=Cc2ccc(C)cc2)C(=O)N1c1ccccc1CC. The number of benzene rings is 3. The number of hydrogen-bond acceptors (Lipinski definition) is 3. The van der Waals surface area contributed by atoms with Crippen LogP contribution in [0.15, 0.2) is 82.7 Å². The minimum atomic E-state index is -0.0285. The van der Waals surface area contributed by atoms with Crippen LogP contribution in [0, 0.1) is 6.92 Å². The minimum Gasteiger partial charge on any atom is -0.268 e.